The lowest BCUT2D eigenvalue weighted by Gasteiger charge is -2.21. The van der Waals surface area contributed by atoms with Crippen molar-refractivity contribution in [2.45, 2.75) is 31.2 Å². The van der Waals surface area contributed by atoms with Gasteiger partial charge in [0.05, 0.1) is 23.3 Å². The summed E-state index contributed by atoms with van der Waals surface area (Å²) < 4.78 is 31.5. The van der Waals surface area contributed by atoms with Crippen LogP contribution < -0.4 is 5.32 Å². The molecule has 0 saturated carbocycles. The number of rotatable bonds is 7. The van der Waals surface area contributed by atoms with Crippen LogP contribution in [0.1, 0.15) is 19.5 Å². The number of amides is 1. The molecule has 0 bridgehead atoms. The molecule has 0 aliphatic carbocycles. The summed E-state index contributed by atoms with van der Waals surface area (Å²) in [4.78, 5) is 16.8. The van der Waals surface area contributed by atoms with Gasteiger partial charge in [-0.25, -0.2) is 13.4 Å². The summed E-state index contributed by atoms with van der Waals surface area (Å²) >= 11 is 1.41. The number of benzene rings is 1. The lowest BCUT2D eigenvalue weighted by Crippen LogP contribution is -2.33. The third kappa shape index (κ3) is 4.49. The molecular formula is C19H21N3O4S2. The number of furan rings is 1. The molecule has 28 heavy (non-hydrogen) atoms. The molecule has 7 nitrogen and oxygen atoms in total. The van der Waals surface area contributed by atoms with Crippen LogP contribution in [-0.4, -0.2) is 36.7 Å². The average molecular weight is 420 g/mol. The van der Waals surface area contributed by atoms with Crippen molar-refractivity contribution >= 4 is 33.0 Å². The Morgan fingerprint density at radius 3 is 2.57 bits per heavy atom. The molecule has 3 aromatic rings. The van der Waals surface area contributed by atoms with Gasteiger partial charge in [0.15, 0.2) is 10.8 Å². The van der Waals surface area contributed by atoms with Crippen molar-refractivity contribution in [1.82, 2.24) is 9.29 Å². The lowest BCUT2D eigenvalue weighted by molar-refractivity contribution is -0.115. The fourth-order valence-electron chi connectivity index (χ4n) is 2.43. The first-order chi connectivity index (χ1) is 13.3. The van der Waals surface area contributed by atoms with E-state index in [-0.39, 0.29) is 23.3 Å². The topological polar surface area (TPSA) is 92.5 Å². The maximum Gasteiger partial charge on any atom is 0.243 e. The van der Waals surface area contributed by atoms with Gasteiger partial charge in [-0.3, -0.25) is 4.79 Å². The highest BCUT2D eigenvalue weighted by Gasteiger charge is 2.22. The summed E-state index contributed by atoms with van der Waals surface area (Å²) in [5, 5.41) is 5.29. The molecule has 0 aliphatic heterocycles. The van der Waals surface area contributed by atoms with Crippen molar-refractivity contribution in [1.29, 1.82) is 0 Å². The monoisotopic (exact) mass is 419 g/mol. The molecule has 0 unspecified atom stereocenters. The number of anilines is 1. The maximum atomic E-state index is 12.5. The first-order valence-electron chi connectivity index (χ1n) is 8.63. The highest BCUT2D eigenvalue weighted by atomic mass is 32.2. The van der Waals surface area contributed by atoms with E-state index in [4.69, 9.17) is 4.42 Å². The molecule has 0 saturated heterocycles. The Bertz CT molecular complexity index is 1040. The van der Waals surface area contributed by atoms with Gasteiger partial charge in [-0.15, -0.1) is 11.3 Å². The van der Waals surface area contributed by atoms with Crippen LogP contribution in [0.3, 0.4) is 0 Å². The second-order valence-corrected chi connectivity index (χ2v) is 9.34. The molecule has 0 aliphatic rings. The first-order valence-corrected chi connectivity index (χ1v) is 11.0. The number of thiazole rings is 1. The summed E-state index contributed by atoms with van der Waals surface area (Å²) in [6, 6.07) is 9.58. The van der Waals surface area contributed by atoms with Crippen molar-refractivity contribution in [3.05, 3.63) is 53.7 Å². The van der Waals surface area contributed by atoms with Gasteiger partial charge in [-0.05, 0) is 50.2 Å². The molecule has 148 valence electrons. The minimum atomic E-state index is -3.55. The highest BCUT2D eigenvalue weighted by molar-refractivity contribution is 7.89. The molecule has 2 heterocycles. The summed E-state index contributed by atoms with van der Waals surface area (Å²) in [6.45, 7) is 3.61. The highest BCUT2D eigenvalue weighted by Crippen LogP contribution is 2.24. The maximum absolute atomic E-state index is 12.5. The van der Waals surface area contributed by atoms with Gasteiger partial charge in [0.2, 0.25) is 15.9 Å². The predicted molar refractivity (Wildman–Crippen MR) is 109 cm³/mol. The molecular weight excluding hydrogens is 398 g/mol. The smallest absolute Gasteiger partial charge is 0.243 e. The van der Waals surface area contributed by atoms with Crippen LogP contribution in [0.4, 0.5) is 5.69 Å². The molecule has 0 radical (unpaired) electrons. The number of carbonyl (C=O) groups is 1. The van der Waals surface area contributed by atoms with Crippen molar-refractivity contribution in [3.63, 3.8) is 0 Å². The van der Waals surface area contributed by atoms with Crippen molar-refractivity contribution in [2.24, 2.45) is 0 Å². The van der Waals surface area contributed by atoms with E-state index in [2.05, 4.69) is 10.3 Å². The molecule has 0 spiro atoms. The fourth-order valence-corrected chi connectivity index (χ4v) is 4.58. The summed E-state index contributed by atoms with van der Waals surface area (Å²) in [5.74, 6) is 0.436. The Labute approximate surface area is 168 Å². The minimum absolute atomic E-state index is 0.118. The molecule has 2 aromatic heterocycles. The average Bonchev–Trinajstić information content (AvgIpc) is 3.32. The molecule has 0 atom stereocenters. The quantitative estimate of drug-likeness (QED) is 0.631. The van der Waals surface area contributed by atoms with Gasteiger partial charge in [0.25, 0.3) is 0 Å². The number of nitrogens with zero attached hydrogens (tertiary/aromatic N) is 2. The van der Waals surface area contributed by atoms with Crippen LogP contribution in [0.2, 0.25) is 0 Å². The molecule has 1 amide bonds. The Balaban J connectivity index is 1.63. The second-order valence-electron chi connectivity index (χ2n) is 6.49. The van der Waals surface area contributed by atoms with Crippen LogP contribution in [0, 0.1) is 0 Å². The van der Waals surface area contributed by atoms with E-state index in [1.807, 2.05) is 25.3 Å². The number of hydrogen-bond acceptors (Lipinski definition) is 6. The Morgan fingerprint density at radius 1 is 1.25 bits per heavy atom. The second kappa shape index (κ2) is 8.26. The first kappa shape index (κ1) is 20.2. The predicted octanol–water partition coefficient (Wildman–Crippen LogP) is 3.61. The van der Waals surface area contributed by atoms with Gasteiger partial charge >= 0.3 is 0 Å². The lowest BCUT2D eigenvalue weighted by atomic mass is 10.3. The molecule has 1 N–H and O–H groups in total. The number of hydrogen-bond donors (Lipinski definition) is 1. The zero-order chi connectivity index (χ0) is 20.3. The van der Waals surface area contributed by atoms with Crippen molar-refractivity contribution in [3.8, 4) is 10.8 Å². The Hall–Kier alpha value is -2.49. The largest absolute Gasteiger partial charge is 0.462 e. The van der Waals surface area contributed by atoms with E-state index in [0.29, 0.717) is 17.1 Å². The van der Waals surface area contributed by atoms with E-state index in [0.717, 1.165) is 5.01 Å². The Morgan fingerprint density at radius 2 is 1.96 bits per heavy atom. The van der Waals surface area contributed by atoms with Crippen molar-refractivity contribution in [2.75, 3.05) is 12.4 Å². The zero-order valence-corrected chi connectivity index (χ0v) is 17.4. The number of sulfonamides is 1. The molecule has 0 fully saturated rings. The van der Waals surface area contributed by atoms with E-state index in [1.54, 1.807) is 31.5 Å². The van der Waals surface area contributed by atoms with Crippen LogP contribution in [0.5, 0.6) is 0 Å². The van der Waals surface area contributed by atoms with Crippen LogP contribution in [-0.2, 0) is 21.2 Å². The fraction of sp³-hybridized carbons (Fsp3) is 0.263. The standard InChI is InChI=1S/C19H21N3O4S2/c1-13(2)22(3)28(24,25)16-8-6-14(7-9-16)20-18(23)11-15-12-27-19(21-15)17-5-4-10-26-17/h4-10,12-13H,11H2,1-3H3,(H,20,23). The van der Waals surface area contributed by atoms with Crippen molar-refractivity contribution < 1.29 is 17.6 Å². The summed E-state index contributed by atoms with van der Waals surface area (Å²) in [7, 11) is -2.01. The summed E-state index contributed by atoms with van der Waals surface area (Å²) in [6.07, 6.45) is 1.69. The van der Waals surface area contributed by atoms with Gasteiger partial charge in [-0.2, -0.15) is 4.31 Å². The molecule has 9 heteroatoms. The van der Waals surface area contributed by atoms with Crippen LogP contribution >= 0.6 is 11.3 Å². The third-order valence-electron chi connectivity index (χ3n) is 4.17. The van der Waals surface area contributed by atoms with Gasteiger partial charge in [0, 0.05) is 24.2 Å². The number of aromatic nitrogens is 1. The number of nitrogens with one attached hydrogen (secondary N) is 1. The van der Waals surface area contributed by atoms with E-state index in [9.17, 15) is 13.2 Å². The summed E-state index contributed by atoms with van der Waals surface area (Å²) in [5.41, 5.74) is 1.17. The minimum Gasteiger partial charge on any atom is -0.462 e. The van der Waals surface area contributed by atoms with E-state index < -0.39 is 10.0 Å². The van der Waals surface area contributed by atoms with Crippen LogP contribution in [0.15, 0.2) is 57.4 Å². The normalized spacial score (nSPS) is 11.9. The molecule has 1 aromatic carbocycles. The van der Waals surface area contributed by atoms with Crippen LogP contribution in [0.25, 0.3) is 10.8 Å². The van der Waals surface area contributed by atoms with Gasteiger partial charge < -0.3 is 9.73 Å². The Kier molecular flexibility index (Phi) is 5.97. The van der Waals surface area contributed by atoms with Gasteiger partial charge in [0.1, 0.15) is 0 Å². The number of carbonyl (C=O) groups excluding carboxylic acids is 1. The van der Waals surface area contributed by atoms with Gasteiger partial charge in [-0.1, -0.05) is 0 Å². The molecule has 3 rings (SSSR count). The third-order valence-corrected chi connectivity index (χ3v) is 7.12. The zero-order valence-electron chi connectivity index (χ0n) is 15.7. The van der Waals surface area contributed by atoms with E-state index in [1.165, 1.54) is 27.8 Å². The SMILES string of the molecule is CC(C)N(C)S(=O)(=O)c1ccc(NC(=O)Cc2csc(-c3ccco3)n2)cc1. The van der Waals surface area contributed by atoms with E-state index >= 15 is 0 Å².